The molecule has 0 unspecified atom stereocenters. The maximum absolute atomic E-state index is 12.8. The van der Waals surface area contributed by atoms with E-state index in [0.717, 1.165) is 42.2 Å². The molecule has 0 aliphatic carbocycles. The summed E-state index contributed by atoms with van der Waals surface area (Å²) in [5, 5.41) is 0.778. The van der Waals surface area contributed by atoms with Crippen LogP contribution in [0.5, 0.6) is 11.5 Å². The molecule has 0 saturated carbocycles. The van der Waals surface area contributed by atoms with E-state index >= 15 is 0 Å². The molecule has 0 amide bonds. The molecule has 3 aromatic rings. The molecule has 29 heavy (non-hydrogen) atoms. The molecule has 5 nitrogen and oxygen atoms in total. The van der Waals surface area contributed by atoms with Gasteiger partial charge in [0.05, 0.1) is 0 Å². The summed E-state index contributed by atoms with van der Waals surface area (Å²) < 4.78 is 13.9. The zero-order valence-corrected chi connectivity index (χ0v) is 18.8. The molecule has 0 atom stereocenters. The van der Waals surface area contributed by atoms with Crippen molar-refractivity contribution in [3.05, 3.63) is 58.4 Å². The molecule has 0 spiro atoms. The second-order valence-corrected chi connectivity index (χ2v) is 9.93. The molecular formula is C23H28N2O3Se. The normalized spacial score (nSPS) is 15.7. The third-order valence-electron chi connectivity index (χ3n) is 5.85. The van der Waals surface area contributed by atoms with Crippen LogP contribution in [-0.4, -0.2) is 50.5 Å². The average Bonchev–Trinajstić information content (AvgIpc) is 3.07. The average molecular weight is 459 g/mol. The number of aromatic nitrogens is 1. The van der Waals surface area contributed by atoms with Crippen LogP contribution in [-0.2, 0) is 13.1 Å². The van der Waals surface area contributed by atoms with E-state index in [4.69, 9.17) is 9.47 Å². The van der Waals surface area contributed by atoms with Crippen LogP contribution in [0, 0.1) is 5.92 Å². The van der Waals surface area contributed by atoms with Gasteiger partial charge in [-0.15, -0.1) is 0 Å². The van der Waals surface area contributed by atoms with Gasteiger partial charge in [-0.1, -0.05) is 0 Å². The van der Waals surface area contributed by atoms with E-state index in [9.17, 15) is 4.79 Å². The van der Waals surface area contributed by atoms with Crippen molar-refractivity contribution in [2.75, 3.05) is 27.3 Å². The van der Waals surface area contributed by atoms with E-state index < -0.39 is 0 Å². The Morgan fingerprint density at radius 1 is 1.03 bits per heavy atom. The summed E-state index contributed by atoms with van der Waals surface area (Å²) in [6, 6.07) is 14.5. The Hall–Kier alpha value is -2.01. The second-order valence-electron chi connectivity index (χ2n) is 7.70. The predicted molar refractivity (Wildman–Crippen MR) is 117 cm³/mol. The van der Waals surface area contributed by atoms with Crippen molar-refractivity contribution in [2.45, 2.75) is 32.4 Å². The summed E-state index contributed by atoms with van der Waals surface area (Å²) in [4.78, 5) is 15.4. The van der Waals surface area contributed by atoms with Crippen molar-refractivity contribution < 1.29 is 9.47 Å². The Morgan fingerprint density at radius 2 is 1.72 bits per heavy atom. The van der Waals surface area contributed by atoms with Crippen molar-refractivity contribution in [3.8, 4) is 11.5 Å². The second kappa shape index (κ2) is 9.21. The van der Waals surface area contributed by atoms with Crippen molar-refractivity contribution in [1.29, 1.82) is 0 Å². The fourth-order valence-electron chi connectivity index (χ4n) is 4.12. The van der Waals surface area contributed by atoms with Gasteiger partial charge in [0.1, 0.15) is 0 Å². The van der Waals surface area contributed by atoms with E-state index in [-0.39, 0.29) is 20.3 Å². The van der Waals surface area contributed by atoms with Gasteiger partial charge < -0.3 is 0 Å². The van der Waals surface area contributed by atoms with E-state index in [1.165, 1.54) is 18.4 Å². The fraction of sp³-hybridized carbons (Fsp3) is 0.435. The number of rotatable bonds is 7. The van der Waals surface area contributed by atoms with E-state index in [1.54, 1.807) is 14.2 Å². The molecule has 1 fully saturated rings. The topological polar surface area (TPSA) is 43.7 Å². The van der Waals surface area contributed by atoms with Crippen LogP contribution >= 0.6 is 0 Å². The van der Waals surface area contributed by atoms with Crippen molar-refractivity contribution in [2.24, 2.45) is 5.92 Å². The molecule has 6 heteroatoms. The van der Waals surface area contributed by atoms with Gasteiger partial charge in [0.15, 0.2) is 0 Å². The quantitative estimate of drug-likeness (QED) is 0.509. The molecule has 0 radical (unpaired) electrons. The third kappa shape index (κ3) is 4.61. The summed E-state index contributed by atoms with van der Waals surface area (Å²) in [5.41, 5.74) is 1.53. The Balaban J connectivity index is 1.35. The summed E-state index contributed by atoms with van der Waals surface area (Å²) in [6.45, 7) is 4.18. The third-order valence-corrected chi connectivity index (χ3v) is 8.16. The van der Waals surface area contributed by atoms with Crippen LogP contribution in [0.4, 0.5) is 0 Å². The van der Waals surface area contributed by atoms with Gasteiger partial charge in [0.2, 0.25) is 0 Å². The van der Waals surface area contributed by atoms with Crippen molar-refractivity contribution in [1.82, 2.24) is 8.46 Å². The molecule has 0 N–H and O–H groups in total. The van der Waals surface area contributed by atoms with E-state index in [1.807, 2.05) is 15.7 Å². The summed E-state index contributed by atoms with van der Waals surface area (Å²) >= 11 is 0.0278. The molecular weight excluding hydrogens is 431 g/mol. The van der Waals surface area contributed by atoms with E-state index in [2.05, 4.69) is 35.2 Å². The number of nitrogens with zero attached hydrogens (tertiary/aromatic N) is 2. The number of hydrogen-bond acceptors (Lipinski definition) is 4. The zero-order valence-electron chi connectivity index (χ0n) is 17.1. The predicted octanol–water partition coefficient (Wildman–Crippen LogP) is 3.38. The molecule has 1 aromatic heterocycles. The van der Waals surface area contributed by atoms with Gasteiger partial charge in [-0.2, -0.15) is 0 Å². The van der Waals surface area contributed by atoms with Crippen LogP contribution in [0.1, 0.15) is 24.8 Å². The Kier molecular flexibility index (Phi) is 6.43. The molecule has 1 saturated heterocycles. The molecule has 4 rings (SSSR count). The Morgan fingerprint density at radius 3 is 2.41 bits per heavy atom. The first-order valence-corrected chi connectivity index (χ1v) is 11.8. The van der Waals surface area contributed by atoms with Gasteiger partial charge in [-0.3, -0.25) is 0 Å². The number of benzene rings is 2. The van der Waals surface area contributed by atoms with Crippen molar-refractivity contribution in [3.63, 3.8) is 0 Å². The van der Waals surface area contributed by atoms with Gasteiger partial charge in [-0.05, 0) is 0 Å². The SMILES string of the molecule is COc1cc2[se]n(CCC3CCN(Cc4ccccc4)CC3)c(=O)c2cc1OC. The van der Waals surface area contributed by atoms with Gasteiger partial charge >= 0.3 is 178 Å². The first-order valence-electron chi connectivity index (χ1n) is 10.2. The fourth-order valence-corrected chi connectivity index (χ4v) is 6.26. The number of hydrogen-bond donors (Lipinski definition) is 0. The van der Waals surface area contributed by atoms with Crippen LogP contribution in [0.25, 0.3) is 9.65 Å². The van der Waals surface area contributed by atoms with Crippen LogP contribution in [0.3, 0.4) is 0 Å². The first-order chi connectivity index (χ1) is 14.2. The van der Waals surface area contributed by atoms with E-state index in [0.29, 0.717) is 17.4 Å². The number of ether oxygens (including phenoxy) is 2. The van der Waals surface area contributed by atoms with Gasteiger partial charge in [-0.25, -0.2) is 0 Å². The number of likely N-dealkylation sites (tertiary alicyclic amines) is 1. The van der Waals surface area contributed by atoms with Crippen LogP contribution < -0.4 is 15.0 Å². The van der Waals surface area contributed by atoms with Crippen LogP contribution in [0.15, 0.2) is 47.3 Å². The molecule has 0 bridgehead atoms. The summed E-state index contributed by atoms with van der Waals surface area (Å²) in [6.07, 6.45) is 3.53. The molecule has 2 aromatic carbocycles. The van der Waals surface area contributed by atoms with Crippen LogP contribution in [0.2, 0.25) is 0 Å². The maximum atomic E-state index is 12.8. The number of aryl methyl sites for hydroxylation is 1. The Bertz CT molecular complexity index is 1000. The zero-order chi connectivity index (χ0) is 20.2. The molecule has 1 aliphatic rings. The molecule has 2 heterocycles. The van der Waals surface area contributed by atoms with Gasteiger partial charge in [0.25, 0.3) is 0 Å². The minimum absolute atomic E-state index is 0.0278. The standard InChI is InChI=1S/C23H28N2O3Se/c1-27-20-14-19-22(15-21(20)28-2)29-25(23(19)26)13-10-17-8-11-24(12-9-17)16-18-6-4-3-5-7-18/h3-7,14-15,17H,8-13,16H2,1-2H3. The Labute approximate surface area is 177 Å². The number of piperidine rings is 1. The van der Waals surface area contributed by atoms with Gasteiger partial charge in [0, 0.05) is 0 Å². The first kappa shape index (κ1) is 20.3. The molecule has 1 aliphatic heterocycles. The molecule has 154 valence electrons. The monoisotopic (exact) mass is 460 g/mol. The minimum atomic E-state index is 0.0278. The number of methoxy groups -OCH3 is 2. The summed E-state index contributed by atoms with van der Waals surface area (Å²) in [5.74, 6) is 2.04. The summed E-state index contributed by atoms with van der Waals surface area (Å²) in [7, 11) is 3.24. The number of fused-ring (bicyclic) bond motifs is 1. The van der Waals surface area contributed by atoms with Crippen molar-refractivity contribution >= 4 is 24.4 Å².